The highest BCUT2D eigenvalue weighted by atomic mass is 32.2. The molecule has 2 aromatic rings. The van der Waals surface area contributed by atoms with Crippen LogP contribution in [-0.4, -0.2) is 29.0 Å². The van der Waals surface area contributed by atoms with E-state index in [0.29, 0.717) is 0 Å². The van der Waals surface area contributed by atoms with Gasteiger partial charge in [-0.3, -0.25) is 9.48 Å². The van der Waals surface area contributed by atoms with Crippen LogP contribution < -0.4 is 10.6 Å². The van der Waals surface area contributed by atoms with E-state index < -0.39 is 0 Å². The summed E-state index contributed by atoms with van der Waals surface area (Å²) in [6, 6.07) is 8.66. The molecule has 0 spiro atoms. The van der Waals surface area contributed by atoms with Crippen LogP contribution in [-0.2, 0) is 11.3 Å². The minimum atomic E-state index is -0.0645. The molecular formula is C15H20N4OS. The van der Waals surface area contributed by atoms with E-state index >= 15 is 0 Å². The first kappa shape index (κ1) is 15.4. The maximum atomic E-state index is 11.3. The van der Waals surface area contributed by atoms with Gasteiger partial charge < -0.3 is 10.6 Å². The normalized spacial score (nSPS) is 12.0. The Morgan fingerprint density at radius 2 is 2.10 bits per heavy atom. The molecule has 0 radical (unpaired) electrons. The minimum absolute atomic E-state index is 0.0645. The fourth-order valence-electron chi connectivity index (χ4n) is 1.98. The van der Waals surface area contributed by atoms with E-state index in [0.717, 1.165) is 5.69 Å². The number of likely N-dealkylation sites (N-methyl/N-ethyl adjacent to an activating group) is 1. The molecule has 0 saturated carbocycles. The third-order valence-electron chi connectivity index (χ3n) is 3.22. The average molecular weight is 304 g/mol. The average Bonchev–Trinajstić information content (AvgIpc) is 2.94. The molecule has 1 atom stereocenters. The summed E-state index contributed by atoms with van der Waals surface area (Å²) in [6.45, 7) is 2.33. The molecule has 21 heavy (non-hydrogen) atoms. The summed E-state index contributed by atoms with van der Waals surface area (Å²) in [6.07, 6.45) is 5.63. The van der Waals surface area contributed by atoms with Gasteiger partial charge in [0.1, 0.15) is 6.54 Å². The second kappa shape index (κ2) is 7.17. The number of rotatable bonds is 6. The summed E-state index contributed by atoms with van der Waals surface area (Å²) < 4.78 is 1.62. The summed E-state index contributed by atoms with van der Waals surface area (Å²) >= 11 is 1.73. The van der Waals surface area contributed by atoms with Crippen LogP contribution in [0.4, 0.5) is 5.69 Å². The largest absolute Gasteiger partial charge is 0.376 e. The van der Waals surface area contributed by atoms with Gasteiger partial charge in [-0.2, -0.15) is 5.10 Å². The summed E-state index contributed by atoms with van der Waals surface area (Å²) in [5.41, 5.74) is 2.12. The van der Waals surface area contributed by atoms with E-state index in [1.165, 1.54) is 10.5 Å². The number of thioether (sulfide) groups is 1. The molecule has 0 aliphatic carbocycles. The highest BCUT2D eigenvalue weighted by molar-refractivity contribution is 7.98. The second-order valence-electron chi connectivity index (χ2n) is 4.74. The van der Waals surface area contributed by atoms with Crippen LogP contribution in [0.2, 0.25) is 0 Å². The molecule has 2 N–H and O–H groups in total. The Bertz CT molecular complexity index is 594. The lowest BCUT2D eigenvalue weighted by molar-refractivity contribution is -0.121. The number of amides is 1. The maximum absolute atomic E-state index is 11.3. The van der Waals surface area contributed by atoms with Crippen molar-refractivity contribution in [1.29, 1.82) is 0 Å². The highest BCUT2D eigenvalue weighted by Gasteiger charge is 2.08. The molecule has 1 heterocycles. The minimum Gasteiger partial charge on any atom is -0.376 e. The van der Waals surface area contributed by atoms with Crippen molar-refractivity contribution in [2.45, 2.75) is 24.4 Å². The summed E-state index contributed by atoms with van der Waals surface area (Å²) in [4.78, 5) is 12.6. The molecule has 1 aromatic carbocycles. The zero-order valence-corrected chi connectivity index (χ0v) is 13.3. The standard InChI is InChI=1S/C15H20N4OS/c1-11(12-4-6-14(21-3)7-5-12)18-13-8-17-19(9-13)10-15(20)16-2/h4-9,11,18H,10H2,1-3H3,(H,16,20). The lowest BCUT2D eigenvalue weighted by Crippen LogP contribution is -2.23. The lowest BCUT2D eigenvalue weighted by Gasteiger charge is -2.14. The van der Waals surface area contributed by atoms with Crippen molar-refractivity contribution in [3.8, 4) is 0 Å². The number of carbonyl (C=O) groups is 1. The van der Waals surface area contributed by atoms with Crippen molar-refractivity contribution >= 4 is 23.4 Å². The molecular weight excluding hydrogens is 284 g/mol. The van der Waals surface area contributed by atoms with Gasteiger partial charge in [-0.05, 0) is 30.9 Å². The third-order valence-corrected chi connectivity index (χ3v) is 3.96. The van der Waals surface area contributed by atoms with Crippen LogP contribution in [0.25, 0.3) is 0 Å². The number of benzene rings is 1. The zero-order valence-electron chi connectivity index (χ0n) is 12.5. The zero-order chi connectivity index (χ0) is 15.2. The maximum Gasteiger partial charge on any atom is 0.241 e. The van der Waals surface area contributed by atoms with Gasteiger partial charge in [0.15, 0.2) is 0 Å². The Balaban J connectivity index is 1.98. The van der Waals surface area contributed by atoms with Gasteiger partial charge in [0.05, 0.1) is 11.9 Å². The van der Waals surface area contributed by atoms with Crippen molar-refractivity contribution in [2.75, 3.05) is 18.6 Å². The first-order chi connectivity index (χ1) is 10.1. The smallest absolute Gasteiger partial charge is 0.241 e. The number of carbonyl (C=O) groups excluding carboxylic acids is 1. The summed E-state index contributed by atoms with van der Waals surface area (Å²) in [7, 11) is 1.62. The van der Waals surface area contributed by atoms with Crippen molar-refractivity contribution < 1.29 is 4.79 Å². The highest BCUT2D eigenvalue weighted by Crippen LogP contribution is 2.22. The van der Waals surface area contributed by atoms with Gasteiger partial charge in [-0.1, -0.05) is 12.1 Å². The van der Waals surface area contributed by atoms with Crippen LogP contribution in [0.3, 0.4) is 0 Å². The fourth-order valence-corrected chi connectivity index (χ4v) is 2.38. The summed E-state index contributed by atoms with van der Waals surface area (Å²) in [5.74, 6) is -0.0645. The first-order valence-corrected chi connectivity index (χ1v) is 7.98. The lowest BCUT2D eigenvalue weighted by atomic mass is 10.1. The van der Waals surface area contributed by atoms with Crippen LogP contribution in [0.15, 0.2) is 41.6 Å². The second-order valence-corrected chi connectivity index (χ2v) is 5.62. The van der Waals surface area contributed by atoms with Gasteiger partial charge in [-0.25, -0.2) is 0 Å². The van der Waals surface area contributed by atoms with Gasteiger partial charge >= 0.3 is 0 Å². The van der Waals surface area contributed by atoms with Gasteiger partial charge in [-0.15, -0.1) is 11.8 Å². The monoisotopic (exact) mass is 304 g/mol. The molecule has 6 heteroatoms. The van der Waals surface area contributed by atoms with E-state index in [4.69, 9.17) is 0 Å². The molecule has 1 unspecified atom stereocenters. The summed E-state index contributed by atoms with van der Waals surface area (Å²) in [5, 5.41) is 10.1. The predicted octanol–water partition coefficient (Wildman–Crippen LogP) is 2.52. The topological polar surface area (TPSA) is 59.0 Å². The molecule has 0 aliphatic rings. The van der Waals surface area contributed by atoms with Crippen molar-refractivity contribution in [1.82, 2.24) is 15.1 Å². The number of hydrogen-bond acceptors (Lipinski definition) is 4. The third kappa shape index (κ3) is 4.26. The predicted molar refractivity (Wildman–Crippen MR) is 86.6 cm³/mol. The van der Waals surface area contributed by atoms with E-state index in [2.05, 4.69) is 53.2 Å². The van der Waals surface area contributed by atoms with E-state index in [9.17, 15) is 4.79 Å². The van der Waals surface area contributed by atoms with Gasteiger partial charge in [0.25, 0.3) is 0 Å². The Hall–Kier alpha value is -1.95. The van der Waals surface area contributed by atoms with Gasteiger partial charge in [0, 0.05) is 24.2 Å². The molecule has 0 aliphatic heterocycles. The van der Waals surface area contributed by atoms with E-state index in [1.54, 1.807) is 29.7 Å². The van der Waals surface area contributed by atoms with Crippen molar-refractivity contribution in [2.24, 2.45) is 0 Å². The Morgan fingerprint density at radius 1 is 1.38 bits per heavy atom. The molecule has 112 valence electrons. The molecule has 1 aromatic heterocycles. The Kier molecular flexibility index (Phi) is 5.27. The van der Waals surface area contributed by atoms with Crippen molar-refractivity contribution in [3.63, 3.8) is 0 Å². The quantitative estimate of drug-likeness (QED) is 0.805. The first-order valence-electron chi connectivity index (χ1n) is 6.76. The van der Waals surface area contributed by atoms with Crippen LogP contribution in [0.1, 0.15) is 18.5 Å². The molecule has 0 saturated heterocycles. The number of anilines is 1. The van der Waals surface area contributed by atoms with Crippen LogP contribution in [0, 0.1) is 0 Å². The van der Waals surface area contributed by atoms with Crippen LogP contribution >= 0.6 is 11.8 Å². The van der Waals surface area contributed by atoms with E-state index in [1.807, 2.05) is 6.20 Å². The van der Waals surface area contributed by atoms with Crippen molar-refractivity contribution in [3.05, 3.63) is 42.2 Å². The van der Waals surface area contributed by atoms with E-state index in [-0.39, 0.29) is 18.5 Å². The molecule has 2 rings (SSSR count). The number of nitrogens with one attached hydrogen (secondary N) is 2. The Labute approximate surface area is 129 Å². The molecule has 5 nitrogen and oxygen atoms in total. The van der Waals surface area contributed by atoms with Crippen LogP contribution in [0.5, 0.6) is 0 Å². The number of nitrogens with zero attached hydrogens (tertiary/aromatic N) is 2. The molecule has 0 bridgehead atoms. The Morgan fingerprint density at radius 3 is 2.71 bits per heavy atom. The number of aromatic nitrogens is 2. The fraction of sp³-hybridized carbons (Fsp3) is 0.333. The molecule has 0 fully saturated rings. The number of hydrogen-bond donors (Lipinski definition) is 2. The molecule has 1 amide bonds. The SMILES string of the molecule is CNC(=O)Cn1cc(NC(C)c2ccc(SC)cc2)cn1. The van der Waals surface area contributed by atoms with Gasteiger partial charge in [0.2, 0.25) is 5.91 Å².